The second-order valence-corrected chi connectivity index (χ2v) is 8.25. The van der Waals surface area contributed by atoms with E-state index in [1.54, 1.807) is 0 Å². The third-order valence-corrected chi connectivity index (χ3v) is 5.36. The van der Waals surface area contributed by atoms with E-state index < -0.39 is 0 Å². The topological polar surface area (TPSA) is 29.1 Å². The standard InChI is InChI=1S/C13H6BrFI3NO/c14-8-3-6(1-2-9(8)15)13(20)19-12-10(17)4-7(16)5-11(12)18/h1-5H,(H,19,20). The SMILES string of the molecule is O=C(Nc1c(I)cc(I)cc1I)c1ccc(F)c(Br)c1. The van der Waals surface area contributed by atoms with Crippen molar-refractivity contribution in [2.45, 2.75) is 0 Å². The predicted molar refractivity (Wildman–Crippen MR) is 107 cm³/mol. The van der Waals surface area contributed by atoms with Crippen LogP contribution in [0, 0.1) is 16.5 Å². The lowest BCUT2D eigenvalue weighted by Gasteiger charge is -2.11. The Kier molecular flexibility index (Phi) is 6.06. The van der Waals surface area contributed by atoms with Gasteiger partial charge in [0, 0.05) is 16.3 Å². The molecule has 0 aromatic heterocycles. The van der Waals surface area contributed by atoms with E-state index in [0.717, 1.165) is 16.4 Å². The number of halogens is 5. The molecule has 0 saturated carbocycles. The van der Waals surface area contributed by atoms with Crippen molar-refractivity contribution in [2.75, 3.05) is 5.32 Å². The van der Waals surface area contributed by atoms with E-state index in [2.05, 4.69) is 89.0 Å². The van der Waals surface area contributed by atoms with Gasteiger partial charge in [0.15, 0.2) is 0 Å². The first kappa shape index (κ1) is 16.9. The monoisotopic (exact) mass is 671 g/mol. The Morgan fingerprint density at radius 1 is 1.10 bits per heavy atom. The number of benzene rings is 2. The van der Waals surface area contributed by atoms with Crippen LogP contribution in [-0.4, -0.2) is 5.91 Å². The second-order valence-electron chi connectivity index (χ2n) is 3.83. The molecular formula is C13H6BrFI3NO. The molecule has 0 aliphatic carbocycles. The van der Waals surface area contributed by atoms with Gasteiger partial charge in [-0.1, -0.05) is 0 Å². The Labute approximate surface area is 164 Å². The fourth-order valence-electron chi connectivity index (χ4n) is 1.48. The van der Waals surface area contributed by atoms with Crippen LogP contribution in [0.15, 0.2) is 34.8 Å². The zero-order chi connectivity index (χ0) is 14.9. The summed E-state index contributed by atoms with van der Waals surface area (Å²) >= 11 is 9.68. The van der Waals surface area contributed by atoms with Gasteiger partial charge in [-0.05, 0) is 114 Å². The van der Waals surface area contributed by atoms with Crippen LogP contribution >= 0.6 is 83.7 Å². The van der Waals surface area contributed by atoms with Crippen molar-refractivity contribution >= 4 is 95.3 Å². The summed E-state index contributed by atoms with van der Waals surface area (Å²) in [5.74, 6) is -0.650. The smallest absolute Gasteiger partial charge is 0.255 e. The van der Waals surface area contributed by atoms with Gasteiger partial charge >= 0.3 is 0 Å². The van der Waals surface area contributed by atoms with E-state index in [1.165, 1.54) is 18.2 Å². The number of carbonyl (C=O) groups is 1. The van der Waals surface area contributed by atoms with Gasteiger partial charge in [-0.15, -0.1) is 0 Å². The number of amides is 1. The molecule has 2 nitrogen and oxygen atoms in total. The first-order chi connectivity index (χ1) is 9.38. The van der Waals surface area contributed by atoms with Crippen molar-refractivity contribution in [3.63, 3.8) is 0 Å². The van der Waals surface area contributed by atoms with Crippen LogP contribution in [0.1, 0.15) is 10.4 Å². The molecule has 0 heterocycles. The molecular weight excluding hydrogens is 666 g/mol. The normalized spacial score (nSPS) is 10.4. The largest absolute Gasteiger partial charge is 0.320 e. The minimum atomic E-state index is -0.389. The molecule has 20 heavy (non-hydrogen) atoms. The predicted octanol–water partition coefficient (Wildman–Crippen LogP) is 5.65. The average molecular weight is 672 g/mol. The van der Waals surface area contributed by atoms with Crippen molar-refractivity contribution in [3.05, 3.63) is 56.9 Å². The van der Waals surface area contributed by atoms with Crippen LogP contribution in [0.4, 0.5) is 10.1 Å². The molecule has 0 aliphatic heterocycles. The lowest BCUT2D eigenvalue weighted by atomic mass is 10.2. The Balaban J connectivity index is 2.30. The molecule has 0 atom stereocenters. The van der Waals surface area contributed by atoms with E-state index in [4.69, 9.17) is 0 Å². The van der Waals surface area contributed by atoms with Crippen molar-refractivity contribution in [2.24, 2.45) is 0 Å². The number of anilines is 1. The van der Waals surface area contributed by atoms with Crippen LogP contribution in [0.2, 0.25) is 0 Å². The molecule has 0 saturated heterocycles. The van der Waals surface area contributed by atoms with E-state index in [9.17, 15) is 9.18 Å². The third-order valence-electron chi connectivity index (χ3n) is 2.43. The minimum Gasteiger partial charge on any atom is -0.320 e. The fraction of sp³-hybridized carbons (Fsp3) is 0. The number of hydrogen-bond donors (Lipinski definition) is 1. The van der Waals surface area contributed by atoms with Crippen molar-refractivity contribution < 1.29 is 9.18 Å². The van der Waals surface area contributed by atoms with Crippen molar-refractivity contribution in [3.8, 4) is 0 Å². The molecule has 0 spiro atoms. The summed E-state index contributed by atoms with van der Waals surface area (Å²) in [6.07, 6.45) is 0. The summed E-state index contributed by atoms with van der Waals surface area (Å²) in [4.78, 5) is 12.2. The first-order valence-corrected chi connectivity index (χ1v) is 9.32. The van der Waals surface area contributed by atoms with Crippen molar-refractivity contribution in [1.29, 1.82) is 0 Å². The quantitative estimate of drug-likeness (QED) is 0.411. The van der Waals surface area contributed by atoms with Gasteiger partial charge in [-0.3, -0.25) is 4.79 Å². The molecule has 2 rings (SSSR count). The van der Waals surface area contributed by atoms with Crippen LogP contribution in [-0.2, 0) is 0 Å². The average Bonchev–Trinajstić information content (AvgIpc) is 2.36. The second kappa shape index (κ2) is 7.18. The maximum absolute atomic E-state index is 13.2. The van der Waals surface area contributed by atoms with Gasteiger partial charge < -0.3 is 5.32 Å². The molecule has 0 aliphatic rings. The molecule has 0 unspecified atom stereocenters. The lowest BCUT2D eigenvalue weighted by molar-refractivity contribution is 0.102. The summed E-state index contributed by atoms with van der Waals surface area (Å²) < 4.78 is 16.5. The molecule has 1 amide bonds. The Hall–Kier alpha value is 0.510. The summed E-state index contributed by atoms with van der Waals surface area (Å²) in [6.45, 7) is 0. The van der Waals surface area contributed by atoms with Crippen molar-refractivity contribution in [1.82, 2.24) is 0 Å². The number of rotatable bonds is 2. The highest BCUT2D eigenvalue weighted by molar-refractivity contribution is 14.1. The molecule has 2 aromatic carbocycles. The lowest BCUT2D eigenvalue weighted by Crippen LogP contribution is -2.14. The van der Waals surface area contributed by atoms with E-state index in [-0.39, 0.29) is 16.2 Å². The zero-order valence-electron chi connectivity index (χ0n) is 9.68. The molecule has 0 bridgehead atoms. The van der Waals surface area contributed by atoms with Crippen LogP contribution in [0.5, 0.6) is 0 Å². The van der Waals surface area contributed by atoms with Gasteiger partial charge in [0.05, 0.1) is 10.2 Å². The van der Waals surface area contributed by atoms with Crippen LogP contribution in [0.25, 0.3) is 0 Å². The van der Waals surface area contributed by atoms with E-state index in [1.807, 2.05) is 12.1 Å². The van der Waals surface area contributed by atoms with Gasteiger partial charge in [-0.2, -0.15) is 0 Å². The van der Waals surface area contributed by atoms with Gasteiger partial charge in [0.2, 0.25) is 0 Å². The van der Waals surface area contributed by atoms with Gasteiger partial charge in [-0.25, -0.2) is 4.39 Å². The number of hydrogen-bond acceptors (Lipinski definition) is 1. The summed E-state index contributed by atoms with van der Waals surface area (Å²) in [7, 11) is 0. The minimum absolute atomic E-state index is 0.261. The first-order valence-electron chi connectivity index (χ1n) is 5.29. The zero-order valence-corrected chi connectivity index (χ0v) is 17.7. The number of nitrogens with one attached hydrogen (secondary N) is 1. The highest BCUT2D eigenvalue weighted by Gasteiger charge is 2.13. The highest BCUT2D eigenvalue weighted by atomic mass is 127. The van der Waals surface area contributed by atoms with Gasteiger partial charge in [0.25, 0.3) is 5.91 Å². The summed E-state index contributed by atoms with van der Waals surface area (Å²) in [5, 5.41) is 2.87. The Morgan fingerprint density at radius 3 is 2.25 bits per heavy atom. The fourth-order valence-corrected chi connectivity index (χ4v) is 5.72. The summed E-state index contributed by atoms with van der Waals surface area (Å²) in [6, 6.07) is 8.17. The summed E-state index contributed by atoms with van der Waals surface area (Å²) in [5.41, 5.74) is 1.18. The Morgan fingerprint density at radius 2 is 1.70 bits per heavy atom. The molecule has 0 radical (unpaired) electrons. The molecule has 1 N–H and O–H groups in total. The maximum Gasteiger partial charge on any atom is 0.255 e. The highest BCUT2D eigenvalue weighted by Crippen LogP contribution is 2.28. The third kappa shape index (κ3) is 4.03. The molecule has 2 aromatic rings. The van der Waals surface area contributed by atoms with Crippen LogP contribution < -0.4 is 5.32 Å². The molecule has 7 heteroatoms. The van der Waals surface area contributed by atoms with Crippen LogP contribution in [0.3, 0.4) is 0 Å². The van der Waals surface area contributed by atoms with Gasteiger partial charge in [0.1, 0.15) is 5.82 Å². The molecule has 0 fully saturated rings. The molecule has 104 valence electrons. The maximum atomic E-state index is 13.2. The van der Waals surface area contributed by atoms with E-state index >= 15 is 0 Å². The Bertz CT molecular complexity index is 670. The number of carbonyl (C=O) groups excluding carboxylic acids is 1. The van der Waals surface area contributed by atoms with E-state index in [0.29, 0.717) is 5.56 Å².